The topological polar surface area (TPSA) is 60.2 Å². The van der Waals surface area contributed by atoms with Crippen molar-refractivity contribution in [2.45, 2.75) is 38.3 Å². The second kappa shape index (κ2) is 5.98. The number of pyridine rings is 1. The zero-order chi connectivity index (χ0) is 12.9. The highest BCUT2D eigenvalue weighted by atomic mass is 16.5. The number of ether oxygens (including phenoxy) is 1. The van der Waals surface area contributed by atoms with Gasteiger partial charge >= 0.3 is 0 Å². The van der Waals surface area contributed by atoms with Gasteiger partial charge in [0.05, 0.1) is 5.60 Å². The fourth-order valence-electron chi connectivity index (χ4n) is 2.00. The van der Waals surface area contributed by atoms with E-state index >= 15 is 0 Å². The van der Waals surface area contributed by atoms with Crippen molar-refractivity contribution in [2.75, 3.05) is 19.9 Å². The standard InChI is InChI=1S/C13H23N3O/c1-5-13(2,17-4)11(15-3)9-10-7-6-8-16-12(10)14/h6-8,11,15H,5,9H2,1-4H3,(H2,14,16). The van der Waals surface area contributed by atoms with Crippen LogP contribution in [-0.4, -0.2) is 30.8 Å². The second-order valence-corrected chi connectivity index (χ2v) is 4.46. The van der Waals surface area contributed by atoms with Gasteiger partial charge in [0.25, 0.3) is 0 Å². The van der Waals surface area contributed by atoms with Crippen molar-refractivity contribution in [3.8, 4) is 0 Å². The molecule has 4 heteroatoms. The predicted octanol–water partition coefficient (Wildman–Crippen LogP) is 1.61. The van der Waals surface area contributed by atoms with E-state index in [0.29, 0.717) is 5.82 Å². The van der Waals surface area contributed by atoms with Crippen LogP contribution >= 0.6 is 0 Å². The minimum Gasteiger partial charge on any atom is -0.383 e. The number of likely N-dealkylation sites (N-methyl/N-ethyl adjacent to an activating group) is 1. The Morgan fingerprint density at radius 1 is 1.59 bits per heavy atom. The molecule has 2 atom stereocenters. The lowest BCUT2D eigenvalue weighted by molar-refractivity contribution is -0.0268. The van der Waals surface area contributed by atoms with Crippen molar-refractivity contribution in [3.05, 3.63) is 23.9 Å². The Labute approximate surface area is 104 Å². The van der Waals surface area contributed by atoms with E-state index in [2.05, 4.69) is 24.1 Å². The fourth-order valence-corrected chi connectivity index (χ4v) is 2.00. The Kier molecular flexibility index (Phi) is 4.90. The number of nitrogen functional groups attached to an aromatic ring is 1. The van der Waals surface area contributed by atoms with Crippen LogP contribution in [0.25, 0.3) is 0 Å². The van der Waals surface area contributed by atoms with Crippen LogP contribution in [0.4, 0.5) is 5.82 Å². The number of nitrogens with one attached hydrogen (secondary N) is 1. The van der Waals surface area contributed by atoms with Gasteiger partial charge in [-0.05, 0) is 38.4 Å². The van der Waals surface area contributed by atoms with Gasteiger partial charge in [0.1, 0.15) is 5.82 Å². The van der Waals surface area contributed by atoms with Crippen molar-refractivity contribution in [1.29, 1.82) is 0 Å². The summed E-state index contributed by atoms with van der Waals surface area (Å²) in [5, 5.41) is 3.31. The molecule has 0 aliphatic heterocycles. The third-order valence-corrected chi connectivity index (χ3v) is 3.60. The number of hydrogen-bond acceptors (Lipinski definition) is 4. The molecule has 0 bridgehead atoms. The predicted molar refractivity (Wildman–Crippen MR) is 70.9 cm³/mol. The molecule has 1 rings (SSSR count). The molecule has 0 spiro atoms. The van der Waals surface area contributed by atoms with E-state index < -0.39 is 0 Å². The highest BCUT2D eigenvalue weighted by molar-refractivity contribution is 5.39. The van der Waals surface area contributed by atoms with Gasteiger partial charge in [-0.15, -0.1) is 0 Å². The van der Waals surface area contributed by atoms with Gasteiger partial charge in [-0.25, -0.2) is 4.98 Å². The first kappa shape index (κ1) is 13.9. The number of nitrogens with two attached hydrogens (primary N) is 1. The van der Waals surface area contributed by atoms with Crippen LogP contribution in [-0.2, 0) is 11.2 Å². The largest absolute Gasteiger partial charge is 0.383 e. The monoisotopic (exact) mass is 237 g/mol. The molecule has 0 saturated heterocycles. The molecule has 4 nitrogen and oxygen atoms in total. The molecule has 0 radical (unpaired) electrons. The summed E-state index contributed by atoms with van der Waals surface area (Å²) in [5.74, 6) is 0.599. The minimum absolute atomic E-state index is 0.197. The van der Waals surface area contributed by atoms with E-state index in [1.807, 2.05) is 19.2 Å². The summed E-state index contributed by atoms with van der Waals surface area (Å²) in [7, 11) is 3.70. The molecule has 0 aliphatic carbocycles. The molecule has 1 aromatic heterocycles. The Morgan fingerprint density at radius 3 is 2.76 bits per heavy atom. The number of aromatic nitrogens is 1. The van der Waals surface area contributed by atoms with Gasteiger partial charge in [0, 0.05) is 19.3 Å². The van der Waals surface area contributed by atoms with Crippen LogP contribution < -0.4 is 11.1 Å². The summed E-state index contributed by atoms with van der Waals surface area (Å²) in [4.78, 5) is 4.11. The summed E-state index contributed by atoms with van der Waals surface area (Å²) in [6, 6.07) is 4.14. The zero-order valence-corrected chi connectivity index (χ0v) is 11.2. The fraction of sp³-hybridized carbons (Fsp3) is 0.615. The molecule has 3 N–H and O–H groups in total. The number of hydrogen-bond donors (Lipinski definition) is 2. The minimum atomic E-state index is -0.197. The van der Waals surface area contributed by atoms with Crippen molar-refractivity contribution in [3.63, 3.8) is 0 Å². The molecule has 17 heavy (non-hydrogen) atoms. The zero-order valence-electron chi connectivity index (χ0n) is 11.2. The van der Waals surface area contributed by atoms with Crippen LogP contribution in [0.1, 0.15) is 25.8 Å². The molecule has 0 amide bonds. The summed E-state index contributed by atoms with van der Waals surface area (Å²) in [6.45, 7) is 4.24. The van der Waals surface area contributed by atoms with Crippen molar-refractivity contribution in [1.82, 2.24) is 10.3 Å². The Balaban J connectivity index is 2.87. The molecule has 96 valence electrons. The smallest absolute Gasteiger partial charge is 0.126 e. The van der Waals surface area contributed by atoms with E-state index in [0.717, 1.165) is 18.4 Å². The maximum atomic E-state index is 5.87. The van der Waals surface area contributed by atoms with Gasteiger partial charge in [-0.3, -0.25) is 0 Å². The van der Waals surface area contributed by atoms with E-state index in [9.17, 15) is 0 Å². The highest BCUT2D eigenvalue weighted by Crippen LogP contribution is 2.23. The molecular weight excluding hydrogens is 214 g/mol. The van der Waals surface area contributed by atoms with Crippen LogP contribution in [0, 0.1) is 0 Å². The lowest BCUT2D eigenvalue weighted by atomic mass is 9.88. The van der Waals surface area contributed by atoms with Crippen LogP contribution in [0.15, 0.2) is 18.3 Å². The average Bonchev–Trinajstić information content (AvgIpc) is 2.37. The van der Waals surface area contributed by atoms with E-state index in [1.54, 1.807) is 13.3 Å². The van der Waals surface area contributed by atoms with Gasteiger partial charge < -0.3 is 15.8 Å². The molecule has 1 aromatic rings. The Bertz CT molecular complexity index is 350. The average molecular weight is 237 g/mol. The number of anilines is 1. The van der Waals surface area contributed by atoms with E-state index in [1.165, 1.54) is 0 Å². The van der Waals surface area contributed by atoms with Gasteiger partial charge in [0.15, 0.2) is 0 Å². The maximum Gasteiger partial charge on any atom is 0.126 e. The molecule has 2 unspecified atom stereocenters. The summed E-state index contributed by atoms with van der Waals surface area (Å²) >= 11 is 0. The SMILES string of the molecule is CCC(C)(OC)C(Cc1cccnc1N)NC. The van der Waals surface area contributed by atoms with Crippen molar-refractivity contribution in [2.24, 2.45) is 0 Å². The second-order valence-electron chi connectivity index (χ2n) is 4.46. The van der Waals surface area contributed by atoms with Gasteiger partial charge in [-0.2, -0.15) is 0 Å². The van der Waals surface area contributed by atoms with E-state index in [-0.39, 0.29) is 11.6 Å². The first-order valence-corrected chi connectivity index (χ1v) is 5.99. The van der Waals surface area contributed by atoms with Crippen molar-refractivity contribution >= 4 is 5.82 Å². The van der Waals surface area contributed by atoms with Crippen LogP contribution in [0.5, 0.6) is 0 Å². The number of nitrogens with zero attached hydrogens (tertiary/aromatic N) is 1. The van der Waals surface area contributed by atoms with Crippen LogP contribution in [0.3, 0.4) is 0 Å². The molecule has 1 heterocycles. The molecule has 0 fully saturated rings. The lowest BCUT2D eigenvalue weighted by Crippen LogP contribution is -2.49. The first-order chi connectivity index (χ1) is 8.07. The Hall–Kier alpha value is -1.13. The van der Waals surface area contributed by atoms with Crippen LogP contribution in [0.2, 0.25) is 0 Å². The molecule has 0 saturated carbocycles. The third-order valence-electron chi connectivity index (χ3n) is 3.60. The quantitative estimate of drug-likeness (QED) is 0.789. The number of rotatable bonds is 6. The first-order valence-electron chi connectivity index (χ1n) is 5.99. The molecular formula is C13H23N3O. The Morgan fingerprint density at radius 2 is 2.29 bits per heavy atom. The maximum absolute atomic E-state index is 5.87. The number of methoxy groups -OCH3 is 1. The lowest BCUT2D eigenvalue weighted by Gasteiger charge is -2.35. The molecule has 0 aliphatic rings. The van der Waals surface area contributed by atoms with Crippen molar-refractivity contribution < 1.29 is 4.74 Å². The normalized spacial score (nSPS) is 16.5. The molecule has 0 aromatic carbocycles. The third kappa shape index (κ3) is 3.17. The summed E-state index contributed by atoms with van der Waals surface area (Å²) in [5.41, 5.74) is 6.73. The van der Waals surface area contributed by atoms with Gasteiger partial charge in [-0.1, -0.05) is 13.0 Å². The van der Waals surface area contributed by atoms with E-state index in [4.69, 9.17) is 10.5 Å². The summed E-state index contributed by atoms with van der Waals surface area (Å²) in [6.07, 6.45) is 3.46. The summed E-state index contributed by atoms with van der Waals surface area (Å²) < 4.78 is 5.63. The highest BCUT2D eigenvalue weighted by Gasteiger charge is 2.31. The van der Waals surface area contributed by atoms with Gasteiger partial charge in [0.2, 0.25) is 0 Å².